The summed E-state index contributed by atoms with van der Waals surface area (Å²) in [4.78, 5) is 36.2. The highest BCUT2D eigenvalue weighted by Gasteiger charge is 2.49. The van der Waals surface area contributed by atoms with Crippen molar-refractivity contribution in [1.29, 1.82) is 0 Å². The number of hydrogen-bond acceptors (Lipinski definition) is 9. The first-order chi connectivity index (χ1) is 14.7. The Kier molecular flexibility index (Phi) is 7.23. The first-order valence-corrected chi connectivity index (χ1v) is 9.75. The number of carboxylic acids is 1. The van der Waals surface area contributed by atoms with Crippen LogP contribution in [-0.4, -0.2) is 88.2 Å². The minimum atomic E-state index is -1.86. The van der Waals surface area contributed by atoms with E-state index in [0.29, 0.717) is 12.0 Å². The number of aliphatic carboxylic acids is 1. The number of aliphatic hydroxyl groups excluding tert-OH is 3. The van der Waals surface area contributed by atoms with Gasteiger partial charge in [0.1, 0.15) is 30.3 Å². The van der Waals surface area contributed by atoms with Crippen molar-refractivity contribution in [3.05, 3.63) is 35.9 Å². The smallest absolute Gasteiger partial charge is 0.335 e. The van der Waals surface area contributed by atoms with Crippen LogP contribution in [-0.2, 0) is 28.6 Å². The zero-order chi connectivity index (χ0) is 22.7. The molecule has 0 radical (unpaired) electrons. The van der Waals surface area contributed by atoms with Crippen molar-refractivity contribution in [2.75, 3.05) is 7.11 Å². The molecule has 1 amide bonds. The number of esters is 1. The van der Waals surface area contributed by atoms with E-state index in [-0.39, 0.29) is 6.42 Å². The molecule has 2 aliphatic rings. The molecule has 8 unspecified atom stereocenters. The van der Waals surface area contributed by atoms with E-state index in [4.69, 9.17) is 19.3 Å². The number of carbonyl (C=O) groups excluding carboxylic acids is 2. The van der Waals surface area contributed by atoms with Crippen LogP contribution in [0.3, 0.4) is 0 Å². The quantitative estimate of drug-likeness (QED) is 0.328. The van der Waals surface area contributed by atoms with Crippen LogP contribution in [0.1, 0.15) is 24.3 Å². The lowest BCUT2D eigenvalue weighted by atomic mass is 9.85. The van der Waals surface area contributed by atoms with Crippen LogP contribution in [0.4, 0.5) is 0 Å². The predicted molar refractivity (Wildman–Crippen MR) is 102 cm³/mol. The minimum absolute atomic E-state index is 0.139. The molecule has 3 rings (SSSR count). The first-order valence-electron chi connectivity index (χ1n) is 9.75. The van der Waals surface area contributed by atoms with Gasteiger partial charge >= 0.3 is 11.9 Å². The van der Waals surface area contributed by atoms with Crippen LogP contribution in [0.5, 0.6) is 0 Å². The van der Waals surface area contributed by atoms with Crippen molar-refractivity contribution in [2.24, 2.45) is 0 Å². The molecule has 0 aliphatic carbocycles. The number of carbonyl (C=O) groups is 3. The summed E-state index contributed by atoms with van der Waals surface area (Å²) in [5.74, 6) is -3.39. The van der Waals surface area contributed by atoms with Crippen LogP contribution in [0, 0.1) is 0 Å². The SMILES string of the molecule is COC(=O)C(c1ccccc1)C1CCC(OC2OC(C(=O)O)C(O)C(O)C2O)C(=O)N1. The third-order valence-electron chi connectivity index (χ3n) is 5.49. The van der Waals surface area contributed by atoms with E-state index in [1.807, 2.05) is 0 Å². The van der Waals surface area contributed by atoms with E-state index < -0.39 is 66.6 Å². The standard InChI is InChI=1S/C20H25NO10/c1-29-19(28)12(9-5-3-2-4-6-9)10-7-8-11(17(25)21-10)30-20-15(24)13(22)14(23)16(31-20)18(26)27/h2-6,10-16,20,22-24H,7-8H2,1H3,(H,21,25)(H,26,27). The van der Waals surface area contributed by atoms with Gasteiger partial charge in [-0.3, -0.25) is 9.59 Å². The van der Waals surface area contributed by atoms with E-state index in [9.17, 15) is 29.7 Å². The van der Waals surface area contributed by atoms with Gasteiger partial charge in [0.05, 0.1) is 7.11 Å². The van der Waals surface area contributed by atoms with Crippen molar-refractivity contribution >= 4 is 17.8 Å². The van der Waals surface area contributed by atoms with E-state index in [1.54, 1.807) is 30.3 Å². The Morgan fingerprint density at radius 3 is 2.35 bits per heavy atom. The molecule has 11 nitrogen and oxygen atoms in total. The predicted octanol–water partition coefficient (Wildman–Crippen LogP) is -1.50. The summed E-state index contributed by atoms with van der Waals surface area (Å²) in [7, 11) is 1.26. The molecule has 2 fully saturated rings. The number of carboxylic acid groups (broad SMARTS) is 1. The fourth-order valence-corrected chi connectivity index (χ4v) is 3.84. The Morgan fingerprint density at radius 1 is 1.10 bits per heavy atom. The highest BCUT2D eigenvalue weighted by molar-refractivity contribution is 5.85. The summed E-state index contributed by atoms with van der Waals surface area (Å²) >= 11 is 0. The largest absolute Gasteiger partial charge is 0.479 e. The van der Waals surface area contributed by atoms with E-state index in [1.165, 1.54) is 7.11 Å². The average Bonchev–Trinajstić information content (AvgIpc) is 2.76. The zero-order valence-corrected chi connectivity index (χ0v) is 16.7. The third kappa shape index (κ3) is 4.86. The molecule has 5 N–H and O–H groups in total. The molecule has 8 atom stereocenters. The number of rotatable bonds is 6. The number of benzene rings is 1. The summed E-state index contributed by atoms with van der Waals surface area (Å²) in [6.45, 7) is 0. The van der Waals surface area contributed by atoms with Gasteiger partial charge in [0.2, 0.25) is 5.91 Å². The van der Waals surface area contributed by atoms with Gasteiger partial charge in [-0.1, -0.05) is 30.3 Å². The van der Waals surface area contributed by atoms with Crippen LogP contribution in [0.25, 0.3) is 0 Å². The van der Waals surface area contributed by atoms with Gasteiger partial charge in [-0.15, -0.1) is 0 Å². The third-order valence-corrected chi connectivity index (χ3v) is 5.49. The van der Waals surface area contributed by atoms with Gasteiger partial charge in [-0.2, -0.15) is 0 Å². The average molecular weight is 439 g/mol. The van der Waals surface area contributed by atoms with Gasteiger partial charge in [0.25, 0.3) is 0 Å². The topological polar surface area (TPSA) is 172 Å². The molecule has 1 aromatic carbocycles. The van der Waals surface area contributed by atoms with E-state index in [2.05, 4.69) is 5.32 Å². The highest BCUT2D eigenvalue weighted by atomic mass is 16.7. The normalized spacial score (nSPS) is 34.5. The lowest BCUT2D eigenvalue weighted by molar-refractivity contribution is -0.302. The monoisotopic (exact) mass is 439 g/mol. The number of amides is 1. The van der Waals surface area contributed by atoms with Gasteiger partial charge in [0.15, 0.2) is 12.4 Å². The van der Waals surface area contributed by atoms with Crippen molar-refractivity contribution in [3.8, 4) is 0 Å². The summed E-state index contributed by atoms with van der Waals surface area (Å²) < 4.78 is 15.4. The molecule has 11 heteroatoms. The maximum atomic E-state index is 12.6. The molecule has 31 heavy (non-hydrogen) atoms. The molecule has 2 saturated heterocycles. The molecule has 2 aliphatic heterocycles. The number of hydrogen-bond donors (Lipinski definition) is 5. The maximum Gasteiger partial charge on any atom is 0.335 e. The number of ether oxygens (including phenoxy) is 3. The summed E-state index contributed by atoms with van der Waals surface area (Å²) in [5.41, 5.74) is 0.673. The van der Waals surface area contributed by atoms with E-state index in [0.717, 1.165) is 0 Å². The Hall–Kier alpha value is -2.57. The second-order valence-electron chi connectivity index (χ2n) is 7.46. The molecule has 0 saturated carbocycles. The molecular weight excluding hydrogens is 414 g/mol. The Morgan fingerprint density at radius 2 is 1.77 bits per heavy atom. The van der Waals surface area contributed by atoms with Crippen molar-refractivity contribution < 1.29 is 49.0 Å². The highest BCUT2D eigenvalue weighted by Crippen LogP contribution is 2.30. The van der Waals surface area contributed by atoms with Crippen LogP contribution < -0.4 is 5.32 Å². The van der Waals surface area contributed by atoms with Crippen LogP contribution in [0.2, 0.25) is 0 Å². The molecule has 1 aromatic rings. The van der Waals surface area contributed by atoms with Gasteiger partial charge in [-0.25, -0.2) is 4.79 Å². The van der Waals surface area contributed by atoms with Crippen molar-refractivity contribution in [1.82, 2.24) is 5.32 Å². The summed E-state index contributed by atoms with van der Waals surface area (Å²) in [5, 5.41) is 41.5. The number of piperidine rings is 1. The van der Waals surface area contributed by atoms with Crippen LogP contribution >= 0.6 is 0 Å². The fourth-order valence-electron chi connectivity index (χ4n) is 3.84. The fraction of sp³-hybridized carbons (Fsp3) is 0.550. The number of aliphatic hydroxyl groups is 3. The summed E-state index contributed by atoms with van der Waals surface area (Å²) in [6, 6.07) is 8.26. The van der Waals surface area contributed by atoms with Gasteiger partial charge < -0.3 is 40.0 Å². The molecule has 0 aromatic heterocycles. The molecule has 0 spiro atoms. The number of methoxy groups -OCH3 is 1. The van der Waals surface area contributed by atoms with Crippen molar-refractivity contribution in [3.63, 3.8) is 0 Å². The summed E-state index contributed by atoms with van der Waals surface area (Å²) in [6.07, 6.45) is -9.59. The van der Waals surface area contributed by atoms with E-state index >= 15 is 0 Å². The second kappa shape index (κ2) is 9.71. The van der Waals surface area contributed by atoms with Crippen LogP contribution in [0.15, 0.2) is 30.3 Å². The lowest BCUT2D eigenvalue weighted by Gasteiger charge is -2.41. The molecule has 2 heterocycles. The second-order valence-corrected chi connectivity index (χ2v) is 7.46. The zero-order valence-electron chi connectivity index (χ0n) is 16.7. The van der Waals surface area contributed by atoms with Gasteiger partial charge in [-0.05, 0) is 18.4 Å². The Labute approximate surface area is 177 Å². The first kappa shape index (κ1) is 23.1. The molecule has 0 bridgehead atoms. The minimum Gasteiger partial charge on any atom is -0.479 e. The Bertz CT molecular complexity index is 802. The molecule has 170 valence electrons. The lowest BCUT2D eigenvalue weighted by Crippen LogP contribution is -2.62. The van der Waals surface area contributed by atoms with Gasteiger partial charge in [0, 0.05) is 6.04 Å². The Balaban J connectivity index is 1.69. The maximum absolute atomic E-state index is 12.6. The number of nitrogens with one attached hydrogen (secondary N) is 1. The van der Waals surface area contributed by atoms with Crippen molar-refractivity contribution in [2.45, 2.75) is 61.6 Å². The molecular formula is C20H25NO10.